The van der Waals surface area contributed by atoms with Crippen molar-refractivity contribution in [1.29, 1.82) is 0 Å². The first kappa shape index (κ1) is 94.5. The van der Waals surface area contributed by atoms with E-state index in [0.717, 1.165) is 66.7 Å². The number of halogens is 4. The minimum absolute atomic E-state index is 0.0423. The highest BCUT2D eigenvalue weighted by atomic mass is 35.5. The molecule has 6 aromatic carbocycles. The van der Waals surface area contributed by atoms with Crippen molar-refractivity contribution in [3.8, 4) is 57.1 Å². The molecule has 18 atom stereocenters. The highest BCUT2D eigenvalue weighted by Crippen LogP contribution is 2.50. The zero-order valence-electron chi connectivity index (χ0n) is 69.0. The van der Waals surface area contributed by atoms with E-state index >= 15 is 24.0 Å². The lowest BCUT2D eigenvalue weighted by atomic mass is 9.85. The highest BCUT2D eigenvalue weighted by Gasteiger charge is 2.52. The van der Waals surface area contributed by atoms with Gasteiger partial charge in [-0.25, -0.2) is 9.78 Å². The number of phenolic OH excluding ortho intramolecular Hbond substituents is 3. The van der Waals surface area contributed by atoms with Gasteiger partial charge < -0.3 is 128 Å². The Kier molecular flexibility index (Phi) is 29.5. The summed E-state index contributed by atoms with van der Waals surface area (Å²) >= 11 is 26.6. The number of primary amides is 1. The lowest BCUT2D eigenvalue weighted by Gasteiger charge is -2.48. The summed E-state index contributed by atoms with van der Waals surface area (Å²) < 4.78 is 40.7. The van der Waals surface area contributed by atoms with E-state index in [1.54, 1.807) is 25.1 Å². The van der Waals surface area contributed by atoms with E-state index < -0.39 is 254 Å². The Labute approximate surface area is 753 Å². The van der Waals surface area contributed by atoms with Crippen LogP contribution < -0.4 is 84.3 Å². The number of nitrogens with two attached hydrogens (primary N) is 1. The number of rotatable bonds is 22. The maximum absolute atomic E-state index is 16.4. The van der Waals surface area contributed by atoms with Crippen molar-refractivity contribution in [2.24, 2.45) is 11.7 Å². The number of carbonyl (C=O) groups is 9. The van der Waals surface area contributed by atoms with Gasteiger partial charge in [0, 0.05) is 54.6 Å². The normalized spacial score (nSPS) is 25.4. The average Bonchev–Trinajstić information content (AvgIpc) is 0.764. The summed E-state index contributed by atoms with van der Waals surface area (Å²) in [7, 11) is 1.47. The number of anilines is 2. The van der Waals surface area contributed by atoms with Gasteiger partial charge in [-0.05, 0) is 152 Å². The number of ether oxygens (including phenoxy) is 6. The molecule has 7 aliphatic heterocycles. The summed E-state index contributed by atoms with van der Waals surface area (Å²) in [4.78, 5) is 155. The quantitative estimate of drug-likeness (QED) is 0.0434. The molecule has 11 bridgehead atoms. The zero-order valence-corrected chi connectivity index (χ0v) is 72.1. The molecule has 9 heterocycles. The Bertz CT molecular complexity index is 5690. The van der Waals surface area contributed by atoms with Crippen LogP contribution in [0.2, 0.25) is 20.1 Å². The highest BCUT2D eigenvalue weighted by molar-refractivity contribution is 6.42. The van der Waals surface area contributed by atoms with Crippen LogP contribution in [0.25, 0.3) is 11.1 Å². The summed E-state index contributed by atoms with van der Waals surface area (Å²) in [5, 5.41) is 131. The molecule has 16 unspecified atom stereocenters. The van der Waals surface area contributed by atoms with E-state index in [2.05, 4.69) is 68.7 Å². The van der Waals surface area contributed by atoms with Gasteiger partial charge in [-0.15, -0.1) is 0 Å². The molecule has 0 aliphatic carbocycles. The number of hydrogen-bond donors (Lipinski definition) is 21. The lowest BCUT2D eigenvalue weighted by Crippen LogP contribution is -2.65. The lowest BCUT2D eigenvalue weighted by molar-refractivity contribution is -0.334. The molecule has 2 saturated heterocycles. The fraction of sp³-hybridized carbons (Fsp3) is 0.365. The van der Waals surface area contributed by atoms with E-state index in [9.17, 15) is 69.9 Å². The average molecular weight is 1860 g/mol. The number of hydrazine groups is 1. The van der Waals surface area contributed by atoms with Crippen molar-refractivity contribution in [1.82, 2.24) is 62.5 Å². The van der Waals surface area contributed by atoms with Crippen LogP contribution >= 0.6 is 46.4 Å². The Hall–Kier alpha value is -12.1. The van der Waals surface area contributed by atoms with Crippen molar-refractivity contribution in [2.45, 2.75) is 169 Å². The standard InChI is InChI=1S/C85H91Cl4N15O25/c1-35(2)22-49(91-5)76(116)100-67-69(111)39-11-15-53(47(88)26-39)125-55-28-41-29-56(73(55)129-83-74(72(114)71(113)57(34-105)127-83)128-62-33-85(4,75(115)36(3)124-62)93-19-21-104-20-17-60(96-84(104)123)95-61(110)24-37-9-13-45(86)46(87)23-37)126-54-16-12-40(27-48(54)89)70(112)68-81(121)99-66(82(122)103-102-59-8-6-7-18-92-59)44-30-42(106)31-52(108)63(44)43-25-38(10-14-51(43)107)64(78(118)101-68)98-79(119)65(41)97-77(117)50(32-58(90)109)94-80(67)120/h6-18,20,23,25-31,35-36,49-50,57,62,64-72,74-75,83,91,93,105-108,111-115H,19,21-22,24,32-34H2,1-5H3,(H2,90,109)(H,92,102)(H,94,120)(H,97,117)(H,98,119)(H,99,121)(H,100,116)(H,101,118)(H,103,122)(H,95,96,110,123)/t36?,49?,50?,57?,62?,64?,65?,66-,67?,68?,69?,70?,71?,72?,74?,75?,83?,85-/m1/s1. The van der Waals surface area contributed by atoms with Crippen molar-refractivity contribution in [3.63, 3.8) is 0 Å². The first-order valence-corrected chi connectivity index (χ1v) is 41.8. The summed E-state index contributed by atoms with van der Waals surface area (Å²) in [5.74, 6) is -16.0. The third-order valence-electron chi connectivity index (χ3n) is 22.1. The number of aliphatic hydroxyl groups excluding tert-OH is 6. The van der Waals surface area contributed by atoms with Gasteiger partial charge in [0.2, 0.25) is 59.3 Å². The number of likely N-dealkylation sites (N-methyl/N-ethyl adjacent to an activating group) is 1. The SMILES string of the molecule is CNC(CC(C)C)C(=O)NC1C(=O)NC(CC(N)=O)C(=O)NC2C(=O)NC3C(=O)NC(C(=O)N[C@@H](C(=O)NNc4ccccn4)c4cc(O)cc(O)c4-c4cc3ccc4O)C(O)c3ccc(c(Cl)c3)Oc3cc2cc(c3OC2OC(CO)C(O)C(O)C2OC2C[C@@](C)(NCCn3ccc(NC(=O)Cc4ccc(Cl)c(Cl)c4)nc3=O)C(O)C(C)O2)Oc2ccc(cc2Cl)C1O. The first-order chi connectivity index (χ1) is 61.3. The summed E-state index contributed by atoms with van der Waals surface area (Å²) in [6.07, 6.45) is -17.0. The van der Waals surface area contributed by atoms with Crippen LogP contribution in [0.3, 0.4) is 0 Å². The van der Waals surface area contributed by atoms with Crippen LogP contribution in [0.5, 0.6) is 46.0 Å². The topological polar surface area (TPSA) is 597 Å². The fourth-order valence-corrected chi connectivity index (χ4v) is 16.2. The number of aliphatic hydroxyl groups is 6. The zero-order chi connectivity index (χ0) is 92.9. The van der Waals surface area contributed by atoms with Crippen LogP contribution in [0.15, 0.2) is 139 Å². The number of carbonyl (C=O) groups excluding carboxylic acids is 9. The predicted molar refractivity (Wildman–Crippen MR) is 459 cm³/mol. The summed E-state index contributed by atoms with van der Waals surface area (Å²) in [6, 6.07) is 10.2. The largest absolute Gasteiger partial charge is 0.508 e. The minimum atomic E-state index is -2.40. The molecule has 8 aromatic rings. The van der Waals surface area contributed by atoms with Crippen molar-refractivity contribution in [3.05, 3.63) is 198 Å². The molecule has 129 heavy (non-hydrogen) atoms. The third kappa shape index (κ3) is 21.6. The van der Waals surface area contributed by atoms with Crippen LogP contribution in [0.4, 0.5) is 11.6 Å². The van der Waals surface area contributed by atoms with Gasteiger partial charge in [0.25, 0.3) is 5.91 Å². The number of aromatic nitrogens is 3. The predicted octanol–water partition coefficient (Wildman–Crippen LogP) is 2.94. The number of hydrogen-bond acceptors (Lipinski definition) is 30. The Morgan fingerprint density at radius 1 is 0.690 bits per heavy atom. The second-order valence-corrected chi connectivity index (χ2v) is 33.4. The molecular formula is C85H91Cl4N15O25. The summed E-state index contributed by atoms with van der Waals surface area (Å²) in [6.45, 7) is 5.58. The number of fused-ring (bicyclic) bond motifs is 15. The van der Waals surface area contributed by atoms with Gasteiger partial charge in [-0.3, -0.25) is 58.6 Å². The van der Waals surface area contributed by atoms with Crippen LogP contribution in [0.1, 0.15) is 111 Å². The van der Waals surface area contributed by atoms with Crippen LogP contribution in [0, 0.1) is 5.92 Å². The molecule has 7 aliphatic rings. The van der Waals surface area contributed by atoms with Crippen molar-refractivity contribution in [2.75, 3.05) is 30.9 Å². The van der Waals surface area contributed by atoms with E-state index in [0.29, 0.717) is 10.6 Å². The van der Waals surface area contributed by atoms with Crippen molar-refractivity contribution >= 4 is 111 Å². The number of benzene rings is 6. The molecule has 2 fully saturated rings. The molecule has 0 radical (unpaired) electrons. The minimum Gasteiger partial charge on any atom is -0.508 e. The maximum atomic E-state index is 16.4. The number of nitrogens with zero attached hydrogens (tertiary/aromatic N) is 3. The van der Waals surface area contributed by atoms with Gasteiger partial charge in [0.1, 0.15) is 107 Å². The Morgan fingerprint density at radius 3 is 2.01 bits per heavy atom. The van der Waals surface area contributed by atoms with Crippen molar-refractivity contribution < 1.29 is 118 Å². The van der Waals surface area contributed by atoms with Crippen LogP contribution in [-0.4, -0.2) is 213 Å². The maximum Gasteiger partial charge on any atom is 0.349 e. The van der Waals surface area contributed by atoms with E-state index in [4.69, 9.17) is 80.6 Å². The molecule has 15 rings (SSSR count). The molecule has 9 amide bonds. The fourth-order valence-electron chi connectivity index (χ4n) is 15.4. The molecule has 684 valence electrons. The third-order valence-corrected chi connectivity index (χ3v) is 23.4. The van der Waals surface area contributed by atoms with Gasteiger partial charge in [0.15, 0.2) is 23.9 Å². The summed E-state index contributed by atoms with van der Waals surface area (Å²) in [5.41, 5.74) is 6.48. The van der Waals surface area contributed by atoms with Gasteiger partial charge >= 0.3 is 5.69 Å². The molecule has 2 aromatic heterocycles. The van der Waals surface area contributed by atoms with E-state index in [-0.39, 0.29) is 77.4 Å². The Balaban J connectivity index is 0.942. The second kappa shape index (κ2) is 40.3. The van der Waals surface area contributed by atoms with Gasteiger partial charge in [0.05, 0.1) is 57.8 Å². The number of phenols is 3. The Morgan fingerprint density at radius 2 is 1.36 bits per heavy atom. The number of aromatic hydroxyl groups is 3. The monoisotopic (exact) mass is 1860 g/mol. The molecule has 44 heteroatoms. The van der Waals surface area contributed by atoms with E-state index in [1.165, 1.54) is 67.3 Å². The van der Waals surface area contributed by atoms with Gasteiger partial charge in [-0.2, -0.15) is 4.98 Å². The van der Waals surface area contributed by atoms with E-state index in [1.807, 2.05) is 13.8 Å². The molecule has 0 saturated carbocycles. The molecule has 40 nitrogen and oxygen atoms in total. The second-order valence-electron chi connectivity index (χ2n) is 31.8. The molecule has 22 N–H and O–H groups in total. The smallest absolute Gasteiger partial charge is 0.349 e. The first-order valence-electron chi connectivity index (χ1n) is 40.3. The van der Waals surface area contributed by atoms with Gasteiger partial charge in [-0.1, -0.05) is 90.6 Å². The number of nitrogens with one attached hydrogen (secondary N) is 11. The molecule has 0 spiro atoms. The van der Waals surface area contributed by atoms with Crippen LogP contribution in [-0.2, 0) is 70.3 Å². The number of amides is 9. The number of pyridine rings is 1. The molecular weight excluding hydrogens is 1770 g/mol.